The van der Waals surface area contributed by atoms with E-state index in [-0.39, 0.29) is 23.8 Å². The van der Waals surface area contributed by atoms with Gasteiger partial charge in [-0.3, -0.25) is 9.59 Å². The molecule has 0 aromatic heterocycles. The van der Waals surface area contributed by atoms with Crippen LogP contribution in [0, 0.1) is 5.92 Å². The number of hydrogen-bond donors (Lipinski definition) is 1. The number of benzene rings is 1. The van der Waals surface area contributed by atoms with E-state index in [0.717, 1.165) is 19.4 Å². The Morgan fingerprint density at radius 2 is 1.93 bits per heavy atom. The van der Waals surface area contributed by atoms with Crippen LogP contribution in [0.2, 0.25) is 0 Å². The zero-order valence-electron chi connectivity index (χ0n) is 16.9. The lowest BCUT2D eigenvalue weighted by Crippen LogP contribution is -2.43. The van der Waals surface area contributed by atoms with Crippen molar-refractivity contribution in [2.24, 2.45) is 5.92 Å². The van der Waals surface area contributed by atoms with Crippen molar-refractivity contribution in [3.8, 4) is 11.5 Å². The van der Waals surface area contributed by atoms with Crippen LogP contribution in [0.5, 0.6) is 11.5 Å². The SMILES string of the molecule is CCCCNC(=O)C1CCN(C(=O)c2ccc(OC(C)C)c(OC)c2)CC1. The van der Waals surface area contributed by atoms with E-state index in [1.807, 2.05) is 18.7 Å². The first-order valence-electron chi connectivity index (χ1n) is 9.88. The second-order valence-corrected chi connectivity index (χ2v) is 7.24. The second-order valence-electron chi connectivity index (χ2n) is 7.24. The summed E-state index contributed by atoms with van der Waals surface area (Å²) in [4.78, 5) is 26.8. The standard InChI is InChI=1S/C21H32N2O4/c1-5-6-11-22-20(24)16-9-12-23(13-10-16)21(25)17-7-8-18(27-15(2)3)19(14-17)26-4/h7-8,14-16H,5-6,9-13H2,1-4H3,(H,22,24). The van der Waals surface area contributed by atoms with Gasteiger partial charge in [-0.15, -0.1) is 0 Å². The van der Waals surface area contributed by atoms with E-state index in [1.54, 1.807) is 25.3 Å². The highest BCUT2D eigenvalue weighted by molar-refractivity contribution is 5.95. The molecular formula is C21H32N2O4. The van der Waals surface area contributed by atoms with Gasteiger partial charge in [0.2, 0.25) is 5.91 Å². The highest BCUT2D eigenvalue weighted by Gasteiger charge is 2.28. The van der Waals surface area contributed by atoms with Crippen molar-refractivity contribution in [1.29, 1.82) is 0 Å². The Hall–Kier alpha value is -2.24. The summed E-state index contributed by atoms with van der Waals surface area (Å²) in [5.41, 5.74) is 0.578. The molecule has 0 atom stereocenters. The molecule has 1 aromatic carbocycles. The van der Waals surface area contributed by atoms with Crippen molar-refractivity contribution in [1.82, 2.24) is 10.2 Å². The van der Waals surface area contributed by atoms with Gasteiger partial charge >= 0.3 is 0 Å². The molecule has 1 heterocycles. The number of ether oxygens (including phenoxy) is 2. The zero-order valence-corrected chi connectivity index (χ0v) is 16.9. The van der Waals surface area contributed by atoms with Gasteiger partial charge in [0.05, 0.1) is 13.2 Å². The van der Waals surface area contributed by atoms with E-state index in [9.17, 15) is 9.59 Å². The van der Waals surface area contributed by atoms with E-state index in [0.29, 0.717) is 43.0 Å². The largest absolute Gasteiger partial charge is 0.493 e. The summed E-state index contributed by atoms with van der Waals surface area (Å²) >= 11 is 0. The van der Waals surface area contributed by atoms with Gasteiger partial charge in [-0.1, -0.05) is 13.3 Å². The molecular weight excluding hydrogens is 344 g/mol. The average molecular weight is 376 g/mol. The minimum Gasteiger partial charge on any atom is -0.493 e. The monoisotopic (exact) mass is 376 g/mol. The van der Waals surface area contributed by atoms with E-state index in [1.165, 1.54) is 0 Å². The fraction of sp³-hybridized carbons (Fsp3) is 0.619. The van der Waals surface area contributed by atoms with E-state index < -0.39 is 0 Å². The molecule has 6 nitrogen and oxygen atoms in total. The van der Waals surface area contributed by atoms with Gasteiger partial charge in [-0.05, 0) is 51.3 Å². The highest BCUT2D eigenvalue weighted by Crippen LogP contribution is 2.30. The normalized spacial score (nSPS) is 14.9. The number of carbonyl (C=O) groups excluding carboxylic acids is 2. The number of carbonyl (C=O) groups is 2. The van der Waals surface area contributed by atoms with E-state index >= 15 is 0 Å². The molecule has 0 saturated carbocycles. The lowest BCUT2D eigenvalue weighted by molar-refractivity contribution is -0.126. The maximum Gasteiger partial charge on any atom is 0.253 e. The van der Waals surface area contributed by atoms with Crippen LogP contribution >= 0.6 is 0 Å². The summed E-state index contributed by atoms with van der Waals surface area (Å²) in [6.45, 7) is 7.92. The third-order valence-electron chi connectivity index (χ3n) is 4.76. The molecule has 150 valence electrons. The Kier molecular flexibility index (Phi) is 7.95. The van der Waals surface area contributed by atoms with Crippen LogP contribution in [0.15, 0.2) is 18.2 Å². The minimum absolute atomic E-state index is 0.00209. The predicted octanol–water partition coefficient (Wildman–Crippen LogP) is 3.25. The zero-order chi connectivity index (χ0) is 19.8. The highest BCUT2D eigenvalue weighted by atomic mass is 16.5. The number of unbranched alkanes of at least 4 members (excludes halogenated alkanes) is 1. The fourth-order valence-electron chi connectivity index (χ4n) is 3.21. The molecule has 1 fully saturated rings. The molecule has 27 heavy (non-hydrogen) atoms. The quantitative estimate of drug-likeness (QED) is 0.707. The van der Waals surface area contributed by atoms with Crippen LogP contribution < -0.4 is 14.8 Å². The Balaban J connectivity index is 1.94. The van der Waals surface area contributed by atoms with E-state index in [2.05, 4.69) is 12.2 Å². The molecule has 1 N–H and O–H groups in total. The number of nitrogens with one attached hydrogen (secondary N) is 1. The molecule has 6 heteroatoms. The molecule has 2 amide bonds. The Bertz CT molecular complexity index is 637. The summed E-state index contributed by atoms with van der Waals surface area (Å²) in [5.74, 6) is 1.27. The van der Waals surface area contributed by atoms with Crippen molar-refractivity contribution in [3.05, 3.63) is 23.8 Å². The van der Waals surface area contributed by atoms with Crippen LogP contribution in [0.3, 0.4) is 0 Å². The number of amides is 2. The fourth-order valence-corrected chi connectivity index (χ4v) is 3.21. The number of nitrogens with zero attached hydrogens (tertiary/aromatic N) is 1. The molecule has 0 bridgehead atoms. The number of likely N-dealkylation sites (tertiary alicyclic amines) is 1. The molecule has 1 saturated heterocycles. The second kappa shape index (κ2) is 10.2. The smallest absolute Gasteiger partial charge is 0.253 e. The van der Waals surface area contributed by atoms with Crippen LogP contribution in [0.25, 0.3) is 0 Å². The minimum atomic E-state index is -0.0331. The van der Waals surface area contributed by atoms with Gasteiger partial charge in [0.15, 0.2) is 11.5 Å². The van der Waals surface area contributed by atoms with Crippen molar-refractivity contribution in [3.63, 3.8) is 0 Å². The molecule has 0 aliphatic carbocycles. The summed E-state index contributed by atoms with van der Waals surface area (Å²) in [6.07, 6.45) is 3.51. The molecule has 0 radical (unpaired) electrons. The first-order valence-corrected chi connectivity index (χ1v) is 9.88. The van der Waals surface area contributed by atoms with Crippen molar-refractivity contribution in [2.75, 3.05) is 26.7 Å². The lowest BCUT2D eigenvalue weighted by Gasteiger charge is -2.31. The van der Waals surface area contributed by atoms with Crippen LogP contribution in [-0.4, -0.2) is 49.6 Å². The average Bonchev–Trinajstić information content (AvgIpc) is 2.67. The Labute approximate surface area is 162 Å². The van der Waals surface area contributed by atoms with E-state index in [4.69, 9.17) is 9.47 Å². The summed E-state index contributed by atoms with van der Waals surface area (Å²) < 4.78 is 11.1. The molecule has 2 rings (SSSR count). The topological polar surface area (TPSA) is 67.9 Å². The number of hydrogen-bond acceptors (Lipinski definition) is 4. The first-order chi connectivity index (χ1) is 13.0. The first kappa shape index (κ1) is 21.1. The predicted molar refractivity (Wildman–Crippen MR) is 105 cm³/mol. The van der Waals surface area contributed by atoms with Crippen LogP contribution in [-0.2, 0) is 4.79 Å². The van der Waals surface area contributed by atoms with Crippen LogP contribution in [0.4, 0.5) is 0 Å². The maximum absolute atomic E-state index is 12.8. The van der Waals surface area contributed by atoms with Gasteiger partial charge in [-0.2, -0.15) is 0 Å². The van der Waals surface area contributed by atoms with Gasteiger partial charge in [0.25, 0.3) is 5.91 Å². The van der Waals surface area contributed by atoms with Gasteiger partial charge < -0.3 is 19.7 Å². The summed E-state index contributed by atoms with van der Waals surface area (Å²) in [7, 11) is 1.57. The summed E-state index contributed by atoms with van der Waals surface area (Å²) in [6, 6.07) is 5.27. The van der Waals surface area contributed by atoms with Gasteiger partial charge in [0, 0.05) is 31.1 Å². The summed E-state index contributed by atoms with van der Waals surface area (Å²) in [5, 5.41) is 2.99. The molecule has 0 spiro atoms. The lowest BCUT2D eigenvalue weighted by atomic mass is 9.95. The Morgan fingerprint density at radius 3 is 2.52 bits per heavy atom. The molecule has 1 aliphatic heterocycles. The molecule has 1 aliphatic rings. The maximum atomic E-state index is 12.8. The van der Waals surface area contributed by atoms with Crippen molar-refractivity contribution >= 4 is 11.8 Å². The molecule has 0 unspecified atom stereocenters. The third kappa shape index (κ3) is 5.88. The van der Waals surface area contributed by atoms with Crippen molar-refractivity contribution < 1.29 is 19.1 Å². The number of piperidine rings is 1. The van der Waals surface area contributed by atoms with Crippen molar-refractivity contribution in [2.45, 2.75) is 52.6 Å². The number of methoxy groups -OCH3 is 1. The number of rotatable bonds is 8. The van der Waals surface area contributed by atoms with Gasteiger partial charge in [0.1, 0.15) is 0 Å². The molecule has 1 aromatic rings. The van der Waals surface area contributed by atoms with Crippen LogP contribution in [0.1, 0.15) is 56.8 Å². The third-order valence-corrected chi connectivity index (χ3v) is 4.76. The van der Waals surface area contributed by atoms with Gasteiger partial charge in [-0.25, -0.2) is 0 Å². The Morgan fingerprint density at radius 1 is 1.22 bits per heavy atom.